The Balaban J connectivity index is 4.12. The molecule has 0 atom stereocenters. The van der Waals surface area contributed by atoms with Gasteiger partial charge in [0.25, 0.3) is 0 Å². The van der Waals surface area contributed by atoms with E-state index < -0.39 is 11.1 Å². The zero-order valence-electron chi connectivity index (χ0n) is 9.06. The molecule has 4 nitrogen and oxygen atoms in total. The van der Waals surface area contributed by atoms with Crippen molar-refractivity contribution in [3.05, 3.63) is 0 Å². The van der Waals surface area contributed by atoms with Gasteiger partial charge in [-0.3, -0.25) is 4.79 Å². The third-order valence-corrected chi connectivity index (χ3v) is 2.50. The van der Waals surface area contributed by atoms with E-state index in [9.17, 15) is 9.90 Å². The van der Waals surface area contributed by atoms with Crippen LogP contribution in [0.2, 0.25) is 0 Å². The van der Waals surface area contributed by atoms with Crippen LogP contribution in [0.3, 0.4) is 0 Å². The maximum absolute atomic E-state index is 10.9. The average Bonchev–Trinajstić information content (AvgIpc) is 1.98. The number of carbonyl (C=O) groups is 1. The molecule has 0 aromatic carbocycles. The van der Waals surface area contributed by atoms with Crippen molar-refractivity contribution < 1.29 is 9.90 Å². The Labute approximate surface area is 79.7 Å². The Morgan fingerprint density at radius 1 is 1.31 bits per heavy atom. The monoisotopic (exact) mass is 188 g/mol. The van der Waals surface area contributed by atoms with Crippen LogP contribution < -0.4 is 10.6 Å². The molecule has 0 aromatic rings. The fourth-order valence-corrected chi connectivity index (χ4v) is 0.606. The molecule has 0 aliphatic rings. The van der Waals surface area contributed by atoms with E-state index in [4.69, 9.17) is 0 Å². The van der Waals surface area contributed by atoms with Crippen molar-refractivity contribution in [3.8, 4) is 0 Å². The van der Waals surface area contributed by atoms with Crippen LogP contribution in [0.4, 0.5) is 0 Å². The van der Waals surface area contributed by atoms with Gasteiger partial charge in [0.2, 0.25) is 5.91 Å². The van der Waals surface area contributed by atoms with Gasteiger partial charge in [-0.05, 0) is 27.7 Å². The summed E-state index contributed by atoms with van der Waals surface area (Å²) in [5.41, 5.74) is -1.35. The van der Waals surface area contributed by atoms with Gasteiger partial charge in [-0.1, -0.05) is 0 Å². The van der Waals surface area contributed by atoms with Crippen molar-refractivity contribution in [1.29, 1.82) is 0 Å². The van der Waals surface area contributed by atoms with E-state index >= 15 is 0 Å². The normalized spacial score (nSPS) is 12.8. The van der Waals surface area contributed by atoms with Crippen LogP contribution in [0.15, 0.2) is 0 Å². The van der Waals surface area contributed by atoms with E-state index in [0.717, 1.165) is 0 Å². The summed E-state index contributed by atoms with van der Waals surface area (Å²) in [6.45, 7) is 7.35. The summed E-state index contributed by atoms with van der Waals surface area (Å²) in [4.78, 5) is 10.9. The highest BCUT2D eigenvalue weighted by Gasteiger charge is 2.34. The maximum Gasteiger partial charge on any atom is 0.233 e. The molecular weight excluding hydrogens is 168 g/mol. The van der Waals surface area contributed by atoms with Crippen molar-refractivity contribution in [2.45, 2.75) is 38.8 Å². The summed E-state index contributed by atoms with van der Waals surface area (Å²) >= 11 is 0. The Morgan fingerprint density at radius 2 is 1.77 bits per heavy atom. The van der Waals surface area contributed by atoms with E-state index in [1.54, 1.807) is 20.9 Å². The number of hydrogen-bond acceptors (Lipinski definition) is 3. The fraction of sp³-hybridized carbons (Fsp3) is 0.889. The van der Waals surface area contributed by atoms with Gasteiger partial charge < -0.3 is 15.7 Å². The van der Waals surface area contributed by atoms with E-state index in [1.165, 1.54) is 0 Å². The first-order valence-electron chi connectivity index (χ1n) is 4.38. The molecule has 0 aliphatic heterocycles. The molecule has 3 N–H and O–H groups in total. The largest absolute Gasteiger partial charge is 0.389 e. The summed E-state index contributed by atoms with van der Waals surface area (Å²) in [7, 11) is 1.58. The lowest BCUT2D eigenvalue weighted by Crippen LogP contribution is -2.57. The Bertz CT molecular complexity index is 183. The van der Waals surface area contributed by atoms with Crippen molar-refractivity contribution in [2.24, 2.45) is 0 Å². The van der Waals surface area contributed by atoms with Crippen LogP contribution in [0.5, 0.6) is 0 Å². The molecule has 0 aromatic heterocycles. The molecule has 13 heavy (non-hydrogen) atoms. The van der Waals surface area contributed by atoms with Gasteiger partial charge in [-0.25, -0.2) is 0 Å². The molecule has 1 amide bonds. The van der Waals surface area contributed by atoms with Crippen LogP contribution in [-0.4, -0.2) is 35.7 Å². The number of nitrogens with one attached hydrogen (secondary N) is 2. The quantitative estimate of drug-likeness (QED) is 0.576. The SMILES string of the molecule is CNC(=O)CNC(C)(C)C(C)(C)O. The molecular formula is C9H20N2O2. The van der Waals surface area contributed by atoms with Crippen molar-refractivity contribution >= 4 is 5.91 Å². The van der Waals surface area contributed by atoms with Crippen molar-refractivity contribution in [1.82, 2.24) is 10.6 Å². The highest BCUT2D eigenvalue weighted by Crippen LogP contribution is 2.19. The van der Waals surface area contributed by atoms with E-state index in [0.29, 0.717) is 0 Å². The number of amides is 1. The first kappa shape index (κ1) is 12.4. The summed E-state index contributed by atoms with van der Waals surface area (Å²) in [5.74, 6) is -0.0858. The molecule has 0 spiro atoms. The smallest absolute Gasteiger partial charge is 0.233 e. The lowest BCUT2D eigenvalue weighted by atomic mass is 9.86. The number of aliphatic hydroxyl groups is 1. The molecule has 0 rings (SSSR count). The topological polar surface area (TPSA) is 61.4 Å². The Hall–Kier alpha value is -0.610. The zero-order valence-corrected chi connectivity index (χ0v) is 9.06. The summed E-state index contributed by atoms with van der Waals surface area (Å²) < 4.78 is 0. The number of carbonyl (C=O) groups excluding carboxylic acids is 1. The molecule has 0 saturated heterocycles. The predicted molar refractivity (Wildman–Crippen MR) is 52.4 cm³/mol. The predicted octanol–water partition coefficient (Wildman–Crippen LogP) is -0.128. The lowest BCUT2D eigenvalue weighted by Gasteiger charge is -2.38. The van der Waals surface area contributed by atoms with Gasteiger partial charge in [-0.2, -0.15) is 0 Å². The number of hydrogen-bond donors (Lipinski definition) is 3. The minimum atomic E-state index is -0.860. The third kappa shape index (κ3) is 3.74. The van der Waals surface area contributed by atoms with Crippen LogP contribution in [-0.2, 0) is 4.79 Å². The van der Waals surface area contributed by atoms with E-state index in [2.05, 4.69) is 10.6 Å². The van der Waals surface area contributed by atoms with Gasteiger partial charge in [-0.15, -0.1) is 0 Å². The average molecular weight is 188 g/mol. The van der Waals surface area contributed by atoms with E-state index in [-0.39, 0.29) is 12.5 Å². The first-order valence-corrected chi connectivity index (χ1v) is 4.38. The molecule has 0 aliphatic carbocycles. The molecule has 4 heteroatoms. The highest BCUT2D eigenvalue weighted by molar-refractivity contribution is 5.77. The summed E-state index contributed by atoms with van der Waals surface area (Å²) in [5, 5.41) is 15.2. The zero-order chi connectivity index (χ0) is 10.7. The fourth-order valence-electron chi connectivity index (χ4n) is 0.606. The van der Waals surface area contributed by atoms with E-state index in [1.807, 2.05) is 13.8 Å². The van der Waals surface area contributed by atoms with Gasteiger partial charge in [0.05, 0.1) is 12.1 Å². The third-order valence-electron chi connectivity index (χ3n) is 2.50. The van der Waals surface area contributed by atoms with Crippen LogP contribution >= 0.6 is 0 Å². The standard InChI is InChI=1S/C9H20N2O2/c1-8(2,9(3,4)13)11-6-7(12)10-5/h11,13H,6H2,1-5H3,(H,10,12). The van der Waals surface area contributed by atoms with Crippen molar-refractivity contribution in [2.75, 3.05) is 13.6 Å². The minimum Gasteiger partial charge on any atom is -0.389 e. The first-order chi connectivity index (χ1) is 5.70. The van der Waals surface area contributed by atoms with Gasteiger partial charge in [0.15, 0.2) is 0 Å². The van der Waals surface area contributed by atoms with Gasteiger partial charge >= 0.3 is 0 Å². The summed E-state index contributed by atoms with van der Waals surface area (Å²) in [6.07, 6.45) is 0. The molecule has 0 unspecified atom stereocenters. The molecule has 0 saturated carbocycles. The second-order valence-electron chi connectivity index (χ2n) is 4.21. The Morgan fingerprint density at radius 3 is 2.08 bits per heavy atom. The van der Waals surface area contributed by atoms with Crippen molar-refractivity contribution in [3.63, 3.8) is 0 Å². The number of likely N-dealkylation sites (N-methyl/N-ethyl adjacent to an activating group) is 1. The number of rotatable bonds is 4. The molecule has 0 fully saturated rings. The molecule has 0 radical (unpaired) electrons. The van der Waals surface area contributed by atoms with Gasteiger partial charge in [0.1, 0.15) is 0 Å². The van der Waals surface area contributed by atoms with Crippen LogP contribution in [0, 0.1) is 0 Å². The van der Waals surface area contributed by atoms with Crippen LogP contribution in [0.25, 0.3) is 0 Å². The molecule has 0 heterocycles. The lowest BCUT2D eigenvalue weighted by molar-refractivity contribution is -0.120. The highest BCUT2D eigenvalue weighted by atomic mass is 16.3. The van der Waals surface area contributed by atoms with Crippen LogP contribution in [0.1, 0.15) is 27.7 Å². The maximum atomic E-state index is 10.9. The summed E-state index contributed by atoms with van der Waals surface area (Å²) in [6, 6.07) is 0. The second kappa shape index (κ2) is 4.07. The minimum absolute atomic E-state index is 0.0858. The second-order valence-corrected chi connectivity index (χ2v) is 4.21. The van der Waals surface area contributed by atoms with Gasteiger partial charge in [0, 0.05) is 12.6 Å². The molecule has 0 bridgehead atoms. The molecule has 78 valence electrons. The Kier molecular flexibility index (Phi) is 3.88.